The van der Waals surface area contributed by atoms with Gasteiger partial charge in [-0.2, -0.15) is 0 Å². The molecular formula is C19H35IN6O2S. The van der Waals surface area contributed by atoms with Crippen molar-refractivity contribution in [2.75, 3.05) is 46.3 Å². The topological polar surface area (TPSA) is 82.1 Å². The minimum Gasteiger partial charge on any atom is -0.444 e. The van der Waals surface area contributed by atoms with Crippen LogP contribution in [0, 0.1) is 6.92 Å². The zero-order valence-corrected chi connectivity index (χ0v) is 21.3. The summed E-state index contributed by atoms with van der Waals surface area (Å²) in [6.45, 7) is 13.5. The first kappa shape index (κ1) is 25.9. The van der Waals surface area contributed by atoms with Crippen molar-refractivity contribution in [2.24, 2.45) is 4.99 Å². The lowest BCUT2D eigenvalue weighted by Gasteiger charge is -2.35. The molecule has 2 rings (SSSR count). The highest BCUT2D eigenvalue weighted by Gasteiger charge is 2.25. The Morgan fingerprint density at radius 1 is 1.28 bits per heavy atom. The molecule has 1 aromatic rings. The number of rotatable bonds is 6. The summed E-state index contributed by atoms with van der Waals surface area (Å²) in [6, 6.07) is 0. The molecule has 0 atom stereocenters. The lowest BCUT2D eigenvalue weighted by molar-refractivity contribution is 0.0145. The van der Waals surface area contributed by atoms with Crippen molar-refractivity contribution >= 4 is 47.4 Å². The van der Waals surface area contributed by atoms with E-state index in [0.717, 1.165) is 56.7 Å². The zero-order chi connectivity index (χ0) is 20.6. The predicted molar refractivity (Wildman–Crippen MR) is 129 cm³/mol. The molecule has 0 aliphatic carbocycles. The number of hydrogen-bond donors (Lipinski definition) is 2. The largest absolute Gasteiger partial charge is 0.444 e. The molecular weight excluding hydrogens is 503 g/mol. The summed E-state index contributed by atoms with van der Waals surface area (Å²) in [6.07, 6.45) is 2.70. The number of aryl methyl sites for hydroxylation is 1. The summed E-state index contributed by atoms with van der Waals surface area (Å²) in [4.78, 5) is 26.1. The fourth-order valence-electron chi connectivity index (χ4n) is 2.85. The van der Waals surface area contributed by atoms with E-state index in [9.17, 15) is 4.79 Å². The number of ether oxygens (including phenoxy) is 1. The molecule has 1 amide bonds. The van der Waals surface area contributed by atoms with E-state index < -0.39 is 5.60 Å². The number of aromatic nitrogens is 1. The SMILES string of the molecule is CN=C(NCCCN1CCN(C(=O)OC(C)(C)C)CC1)NCc1ncc(C)s1.I. The van der Waals surface area contributed by atoms with Crippen LogP contribution in [0.15, 0.2) is 11.2 Å². The number of nitrogens with one attached hydrogen (secondary N) is 2. The average molecular weight is 539 g/mol. The van der Waals surface area contributed by atoms with Gasteiger partial charge in [0.25, 0.3) is 0 Å². The second-order valence-electron chi connectivity index (χ2n) is 7.88. The van der Waals surface area contributed by atoms with E-state index in [4.69, 9.17) is 4.74 Å². The second kappa shape index (κ2) is 12.5. The zero-order valence-electron chi connectivity index (χ0n) is 18.2. The summed E-state index contributed by atoms with van der Waals surface area (Å²) in [5.74, 6) is 0.794. The van der Waals surface area contributed by atoms with Gasteiger partial charge in [0.05, 0.1) is 6.54 Å². The molecule has 2 heterocycles. The minimum atomic E-state index is -0.440. The Labute approximate surface area is 195 Å². The predicted octanol–water partition coefficient (Wildman–Crippen LogP) is 2.68. The van der Waals surface area contributed by atoms with E-state index in [1.165, 1.54) is 4.88 Å². The van der Waals surface area contributed by atoms with Crippen LogP contribution in [0.5, 0.6) is 0 Å². The van der Waals surface area contributed by atoms with Gasteiger partial charge < -0.3 is 20.3 Å². The van der Waals surface area contributed by atoms with E-state index in [-0.39, 0.29) is 30.1 Å². The van der Waals surface area contributed by atoms with Crippen molar-refractivity contribution in [3.63, 3.8) is 0 Å². The highest BCUT2D eigenvalue weighted by molar-refractivity contribution is 14.0. The molecule has 0 unspecified atom stereocenters. The molecule has 2 N–H and O–H groups in total. The Morgan fingerprint density at radius 3 is 2.52 bits per heavy atom. The van der Waals surface area contributed by atoms with Crippen molar-refractivity contribution in [1.82, 2.24) is 25.4 Å². The Hall–Kier alpha value is -1.14. The second-order valence-corrected chi connectivity index (χ2v) is 9.20. The van der Waals surface area contributed by atoms with Gasteiger partial charge in [0.1, 0.15) is 10.6 Å². The number of nitrogens with zero attached hydrogens (tertiary/aromatic N) is 4. The molecule has 0 radical (unpaired) electrons. The van der Waals surface area contributed by atoms with Gasteiger partial charge in [-0.05, 0) is 40.7 Å². The van der Waals surface area contributed by atoms with Crippen LogP contribution in [0.4, 0.5) is 4.79 Å². The van der Waals surface area contributed by atoms with E-state index >= 15 is 0 Å². The van der Waals surface area contributed by atoms with E-state index in [1.54, 1.807) is 23.3 Å². The van der Waals surface area contributed by atoms with Crippen molar-refractivity contribution in [3.05, 3.63) is 16.1 Å². The van der Waals surface area contributed by atoms with E-state index in [0.29, 0.717) is 6.54 Å². The van der Waals surface area contributed by atoms with Crippen LogP contribution in [0.25, 0.3) is 0 Å². The number of halogens is 1. The lowest BCUT2D eigenvalue weighted by Crippen LogP contribution is -2.50. The highest BCUT2D eigenvalue weighted by Crippen LogP contribution is 2.12. The third-order valence-corrected chi connectivity index (χ3v) is 5.18. The van der Waals surface area contributed by atoms with Crippen LogP contribution in [0.2, 0.25) is 0 Å². The fraction of sp³-hybridized carbons (Fsp3) is 0.737. The Morgan fingerprint density at radius 2 is 1.97 bits per heavy atom. The monoisotopic (exact) mass is 538 g/mol. The number of piperazine rings is 1. The highest BCUT2D eigenvalue weighted by atomic mass is 127. The van der Waals surface area contributed by atoms with E-state index in [1.807, 2.05) is 27.0 Å². The van der Waals surface area contributed by atoms with E-state index in [2.05, 4.69) is 32.4 Å². The molecule has 1 aliphatic heterocycles. The normalized spacial score (nSPS) is 15.6. The molecule has 1 fully saturated rings. The fourth-order valence-corrected chi connectivity index (χ4v) is 3.58. The van der Waals surface area contributed by atoms with Crippen LogP contribution < -0.4 is 10.6 Å². The van der Waals surface area contributed by atoms with Gasteiger partial charge in [-0.3, -0.25) is 9.89 Å². The van der Waals surface area contributed by atoms with Gasteiger partial charge in [0, 0.05) is 50.8 Å². The maximum absolute atomic E-state index is 12.1. The van der Waals surface area contributed by atoms with Gasteiger partial charge in [0.2, 0.25) is 0 Å². The quantitative estimate of drug-likeness (QED) is 0.251. The molecule has 1 aromatic heterocycles. The van der Waals surface area contributed by atoms with Crippen LogP contribution in [0.3, 0.4) is 0 Å². The third-order valence-electron chi connectivity index (χ3n) is 4.27. The molecule has 0 spiro atoms. The van der Waals surface area contributed by atoms with Crippen molar-refractivity contribution < 1.29 is 9.53 Å². The molecule has 10 heteroatoms. The smallest absolute Gasteiger partial charge is 0.410 e. The third kappa shape index (κ3) is 9.94. The summed E-state index contributed by atoms with van der Waals surface area (Å²) < 4.78 is 5.44. The van der Waals surface area contributed by atoms with Crippen molar-refractivity contribution in [2.45, 2.75) is 46.3 Å². The van der Waals surface area contributed by atoms with Crippen LogP contribution >= 0.6 is 35.3 Å². The first-order chi connectivity index (χ1) is 13.3. The van der Waals surface area contributed by atoms with Crippen LogP contribution in [-0.2, 0) is 11.3 Å². The lowest BCUT2D eigenvalue weighted by atomic mass is 10.2. The molecule has 0 bridgehead atoms. The molecule has 1 aliphatic rings. The molecule has 1 saturated heterocycles. The maximum Gasteiger partial charge on any atom is 0.410 e. The number of carbonyl (C=O) groups is 1. The number of hydrogen-bond acceptors (Lipinski definition) is 6. The summed E-state index contributed by atoms with van der Waals surface area (Å²) in [7, 11) is 1.78. The van der Waals surface area contributed by atoms with Crippen molar-refractivity contribution in [1.29, 1.82) is 0 Å². The molecule has 8 nitrogen and oxygen atoms in total. The van der Waals surface area contributed by atoms with Crippen molar-refractivity contribution in [3.8, 4) is 0 Å². The standard InChI is InChI=1S/C19H34N6O2S.HI/c1-15-13-22-16(28-15)14-23-17(20-5)21-7-6-8-24-9-11-25(12-10-24)18(26)27-19(2,3)4;/h13H,6-12,14H2,1-5H3,(H2,20,21,23);1H. The van der Waals surface area contributed by atoms with Crippen LogP contribution in [-0.4, -0.2) is 78.8 Å². The first-order valence-electron chi connectivity index (χ1n) is 9.83. The molecule has 29 heavy (non-hydrogen) atoms. The molecule has 0 saturated carbocycles. The molecule has 166 valence electrons. The number of amides is 1. The Balaban J connectivity index is 0.00000420. The first-order valence-corrected chi connectivity index (χ1v) is 10.6. The maximum atomic E-state index is 12.1. The van der Waals surface area contributed by atoms with Crippen LogP contribution in [0.1, 0.15) is 37.1 Å². The van der Waals surface area contributed by atoms with Gasteiger partial charge in [0.15, 0.2) is 5.96 Å². The van der Waals surface area contributed by atoms with Gasteiger partial charge in [-0.1, -0.05) is 0 Å². The van der Waals surface area contributed by atoms with Gasteiger partial charge >= 0.3 is 6.09 Å². The Bertz CT molecular complexity index is 653. The average Bonchev–Trinajstić information content (AvgIpc) is 3.05. The Kier molecular flexibility index (Phi) is 11.2. The molecule has 0 aromatic carbocycles. The van der Waals surface area contributed by atoms with Gasteiger partial charge in [-0.15, -0.1) is 35.3 Å². The number of thiazole rings is 1. The summed E-state index contributed by atoms with van der Waals surface area (Å²) >= 11 is 1.69. The minimum absolute atomic E-state index is 0. The summed E-state index contributed by atoms with van der Waals surface area (Å²) in [5, 5.41) is 7.69. The number of aliphatic imine (C=N–C) groups is 1. The number of guanidine groups is 1. The number of carbonyl (C=O) groups excluding carboxylic acids is 1. The summed E-state index contributed by atoms with van der Waals surface area (Å²) in [5.41, 5.74) is -0.440. The van der Waals surface area contributed by atoms with Gasteiger partial charge in [-0.25, -0.2) is 9.78 Å².